The Hall–Kier alpha value is -2.45. The number of hydrogen-bond acceptors (Lipinski definition) is 6. The molecule has 1 aromatic heterocycles. The molecule has 1 atom stereocenters. The molecule has 0 bridgehead atoms. The highest BCUT2D eigenvalue weighted by Gasteiger charge is 2.31. The molecule has 8 heteroatoms. The molecule has 0 aliphatic carbocycles. The second kappa shape index (κ2) is 9.14. The van der Waals surface area contributed by atoms with Crippen molar-refractivity contribution in [3.05, 3.63) is 35.3 Å². The first kappa shape index (κ1) is 20.8. The zero-order valence-corrected chi connectivity index (χ0v) is 18.3. The summed E-state index contributed by atoms with van der Waals surface area (Å²) in [5, 5.41) is 5.50. The summed E-state index contributed by atoms with van der Waals surface area (Å²) in [5.41, 5.74) is 1.71. The molecule has 2 aromatic rings. The van der Waals surface area contributed by atoms with Gasteiger partial charge in [0.05, 0.1) is 11.4 Å². The Bertz CT molecular complexity index is 907. The third-order valence-electron chi connectivity index (χ3n) is 5.70. The first-order chi connectivity index (χ1) is 14.5. The molecule has 160 valence electrons. The third-order valence-corrected chi connectivity index (χ3v) is 6.50. The van der Waals surface area contributed by atoms with Crippen LogP contribution in [0.2, 0.25) is 0 Å². The van der Waals surface area contributed by atoms with Gasteiger partial charge in [-0.1, -0.05) is 19.1 Å². The Morgan fingerprint density at radius 1 is 1.27 bits per heavy atom. The summed E-state index contributed by atoms with van der Waals surface area (Å²) in [6, 6.07) is 7.41. The number of rotatable bonds is 6. The van der Waals surface area contributed by atoms with Crippen molar-refractivity contribution in [3.63, 3.8) is 0 Å². The standard InChI is InChI=1S/C22H28N4O3S/c1-15-7-10-25(11-8-15)13-17-14-30-22(23-17)24-20(27)9-12-26-18-5-3-4-6-19(18)29-16(2)21(26)28/h3-6,14-16H,7-13H2,1-2H3,(H,23,24,27). The van der Waals surface area contributed by atoms with Crippen molar-refractivity contribution in [3.8, 4) is 5.75 Å². The number of piperidine rings is 1. The molecule has 30 heavy (non-hydrogen) atoms. The third kappa shape index (κ3) is 4.82. The van der Waals surface area contributed by atoms with Crippen LogP contribution in [-0.2, 0) is 16.1 Å². The van der Waals surface area contributed by atoms with Crippen molar-refractivity contribution in [2.45, 2.75) is 45.8 Å². The van der Waals surface area contributed by atoms with Crippen molar-refractivity contribution < 1.29 is 14.3 Å². The monoisotopic (exact) mass is 428 g/mol. The molecule has 1 fully saturated rings. The number of para-hydroxylation sites is 2. The van der Waals surface area contributed by atoms with Crippen LogP contribution in [-0.4, -0.2) is 47.4 Å². The quantitative estimate of drug-likeness (QED) is 0.762. The SMILES string of the molecule is CC1CCN(Cc2csc(NC(=O)CCN3C(=O)C(C)Oc4ccccc43)n2)CC1. The maximum absolute atomic E-state index is 12.5. The highest BCUT2D eigenvalue weighted by atomic mass is 32.1. The fraction of sp³-hybridized carbons (Fsp3) is 0.500. The van der Waals surface area contributed by atoms with E-state index >= 15 is 0 Å². The lowest BCUT2D eigenvalue weighted by atomic mass is 9.99. The lowest BCUT2D eigenvalue weighted by Gasteiger charge is -2.32. The van der Waals surface area contributed by atoms with Gasteiger partial charge in [-0.3, -0.25) is 14.5 Å². The van der Waals surface area contributed by atoms with Crippen molar-refractivity contribution in [1.29, 1.82) is 0 Å². The van der Waals surface area contributed by atoms with E-state index in [9.17, 15) is 9.59 Å². The van der Waals surface area contributed by atoms with Gasteiger partial charge in [-0.05, 0) is 50.9 Å². The number of ether oxygens (including phenoxy) is 1. The number of hydrogen-bond donors (Lipinski definition) is 1. The number of fused-ring (bicyclic) bond motifs is 1. The van der Waals surface area contributed by atoms with Crippen LogP contribution < -0.4 is 15.0 Å². The molecule has 7 nitrogen and oxygen atoms in total. The highest BCUT2D eigenvalue weighted by Crippen LogP contribution is 2.33. The molecular formula is C22H28N4O3S. The number of carbonyl (C=O) groups is 2. The average molecular weight is 429 g/mol. The number of aromatic nitrogens is 1. The topological polar surface area (TPSA) is 74.8 Å². The number of carbonyl (C=O) groups excluding carboxylic acids is 2. The largest absolute Gasteiger partial charge is 0.479 e. The fourth-order valence-electron chi connectivity index (χ4n) is 3.87. The van der Waals surface area contributed by atoms with E-state index in [-0.39, 0.29) is 18.2 Å². The van der Waals surface area contributed by atoms with Gasteiger partial charge in [0.25, 0.3) is 5.91 Å². The summed E-state index contributed by atoms with van der Waals surface area (Å²) >= 11 is 1.45. The molecule has 3 heterocycles. The van der Waals surface area contributed by atoms with Gasteiger partial charge in [0, 0.05) is 24.9 Å². The van der Waals surface area contributed by atoms with Gasteiger partial charge in [0.15, 0.2) is 11.2 Å². The Kier molecular flexibility index (Phi) is 6.34. The normalized spacial score (nSPS) is 20.0. The molecule has 2 amide bonds. The smallest absolute Gasteiger partial charge is 0.267 e. The Balaban J connectivity index is 1.30. The van der Waals surface area contributed by atoms with Crippen molar-refractivity contribution in [1.82, 2.24) is 9.88 Å². The molecule has 0 spiro atoms. The number of benzene rings is 1. The second-order valence-electron chi connectivity index (χ2n) is 8.12. The maximum Gasteiger partial charge on any atom is 0.267 e. The molecule has 1 unspecified atom stereocenters. The molecule has 4 rings (SSSR count). The van der Waals surface area contributed by atoms with Gasteiger partial charge in [-0.25, -0.2) is 4.98 Å². The maximum atomic E-state index is 12.5. The van der Waals surface area contributed by atoms with E-state index in [0.717, 1.165) is 31.2 Å². The van der Waals surface area contributed by atoms with E-state index < -0.39 is 6.10 Å². The number of thiazole rings is 1. The number of likely N-dealkylation sites (tertiary alicyclic amines) is 1. The predicted molar refractivity (Wildman–Crippen MR) is 118 cm³/mol. The van der Waals surface area contributed by atoms with Crippen LogP contribution in [0.5, 0.6) is 5.75 Å². The van der Waals surface area contributed by atoms with Crippen LogP contribution in [0, 0.1) is 5.92 Å². The highest BCUT2D eigenvalue weighted by molar-refractivity contribution is 7.13. The first-order valence-corrected chi connectivity index (χ1v) is 11.4. The zero-order chi connectivity index (χ0) is 21.1. The summed E-state index contributed by atoms with van der Waals surface area (Å²) in [5.74, 6) is 1.20. The van der Waals surface area contributed by atoms with Gasteiger partial charge in [0.1, 0.15) is 5.75 Å². The van der Waals surface area contributed by atoms with E-state index in [1.165, 1.54) is 24.2 Å². The molecule has 1 aromatic carbocycles. The van der Waals surface area contributed by atoms with E-state index in [1.807, 2.05) is 29.6 Å². The first-order valence-electron chi connectivity index (χ1n) is 10.5. The van der Waals surface area contributed by atoms with Crippen LogP contribution in [0.15, 0.2) is 29.6 Å². The van der Waals surface area contributed by atoms with Crippen molar-refractivity contribution >= 4 is 34.0 Å². The van der Waals surface area contributed by atoms with Gasteiger partial charge < -0.3 is 15.0 Å². The van der Waals surface area contributed by atoms with Gasteiger partial charge in [-0.15, -0.1) is 11.3 Å². The van der Waals surface area contributed by atoms with E-state index in [1.54, 1.807) is 11.8 Å². The lowest BCUT2D eigenvalue weighted by molar-refractivity contribution is -0.125. The lowest BCUT2D eigenvalue weighted by Crippen LogP contribution is -2.45. The molecule has 0 saturated carbocycles. The van der Waals surface area contributed by atoms with E-state index in [0.29, 0.717) is 23.1 Å². The van der Waals surface area contributed by atoms with Gasteiger partial charge >= 0.3 is 0 Å². The zero-order valence-electron chi connectivity index (χ0n) is 17.5. The minimum Gasteiger partial charge on any atom is -0.479 e. The summed E-state index contributed by atoms with van der Waals surface area (Å²) in [7, 11) is 0. The molecule has 1 N–H and O–H groups in total. The summed E-state index contributed by atoms with van der Waals surface area (Å²) in [6.45, 7) is 7.38. The Labute approximate surface area is 181 Å². The van der Waals surface area contributed by atoms with Crippen molar-refractivity contribution in [2.75, 3.05) is 29.9 Å². The summed E-state index contributed by atoms with van der Waals surface area (Å²) in [6.07, 6.45) is 2.11. The Morgan fingerprint density at radius 2 is 2.03 bits per heavy atom. The van der Waals surface area contributed by atoms with E-state index in [4.69, 9.17) is 4.74 Å². The van der Waals surface area contributed by atoms with Crippen LogP contribution in [0.1, 0.15) is 38.8 Å². The Morgan fingerprint density at radius 3 is 2.83 bits per heavy atom. The molecule has 2 aliphatic rings. The minimum absolute atomic E-state index is 0.131. The van der Waals surface area contributed by atoms with Crippen LogP contribution in [0.3, 0.4) is 0 Å². The van der Waals surface area contributed by atoms with Crippen molar-refractivity contribution in [2.24, 2.45) is 5.92 Å². The average Bonchev–Trinajstić information content (AvgIpc) is 3.16. The molecule has 0 radical (unpaired) electrons. The van der Waals surface area contributed by atoms with Crippen LogP contribution in [0.4, 0.5) is 10.8 Å². The number of amides is 2. The second-order valence-corrected chi connectivity index (χ2v) is 8.98. The number of nitrogens with one attached hydrogen (secondary N) is 1. The minimum atomic E-state index is -0.553. The fourth-order valence-corrected chi connectivity index (χ4v) is 4.59. The van der Waals surface area contributed by atoms with E-state index in [2.05, 4.69) is 22.1 Å². The summed E-state index contributed by atoms with van der Waals surface area (Å²) < 4.78 is 5.64. The molecular weight excluding hydrogens is 400 g/mol. The van der Waals surface area contributed by atoms with Gasteiger partial charge in [0.2, 0.25) is 5.91 Å². The van der Waals surface area contributed by atoms with Crippen LogP contribution >= 0.6 is 11.3 Å². The number of anilines is 2. The molecule has 1 saturated heterocycles. The number of nitrogens with zero attached hydrogens (tertiary/aromatic N) is 3. The predicted octanol–water partition coefficient (Wildman–Crippen LogP) is 3.52. The molecule has 2 aliphatic heterocycles. The van der Waals surface area contributed by atoms with Gasteiger partial charge in [-0.2, -0.15) is 0 Å². The summed E-state index contributed by atoms with van der Waals surface area (Å²) in [4.78, 5) is 33.6. The van der Waals surface area contributed by atoms with Crippen LogP contribution in [0.25, 0.3) is 0 Å².